The van der Waals surface area contributed by atoms with Gasteiger partial charge in [0.15, 0.2) is 0 Å². The Morgan fingerprint density at radius 1 is 0.531 bits per heavy atom. The standard InChI is InChI=1S/C56H81NO4S3/c1-6-11-16-19-20-21-22-23-24-27-33-57-55(58)45-40-63-54(49(45)56(57)59)48-37-44-36-47(61-39-42(29-15-10-5)31-26-18-13-8-3)50-51(53(44)64-48)46(35-43-32-34-62-52(43)50)60-38-41(28-14-9-4)30-25-17-12-7-2/h32,34-37,40-42H,6-31,33,38-39H2,1-5H3. The second-order valence-electron chi connectivity index (χ2n) is 19.0. The summed E-state index contributed by atoms with van der Waals surface area (Å²) in [5.41, 5.74) is 1.16. The van der Waals surface area contributed by atoms with E-state index < -0.39 is 0 Å². The fourth-order valence-electron chi connectivity index (χ4n) is 9.79. The summed E-state index contributed by atoms with van der Waals surface area (Å²) >= 11 is 5.07. The number of ether oxygens (including phenoxy) is 2. The van der Waals surface area contributed by atoms with Gasteiger partial charge in [-0.1, -0.05) is 169 Å². The lowest BCUT2D eigenvalue weighted by atomic mass is 9.95. The minimum absolute atomic E-state index is 0.128. The third kappa shape index (κ3) is 13.4. The smallest absolute Gasteiger partial charge is 0.263 e. The molecule has 0 fully saturated rings. The van der Waals surface area contributed by atoms with Gasteiger partial charge >= 0.3 is 0 Å². The van der Waals surface area contributed by atoms with Crippen LogP contribution in [0, 0.1) is 11.8 Å². The molecule has 5 nitrogen and oxygen atoms in total. The predicted octanol–water partition coefficient (Wildman–Crippen LogP) is 18.8. The molecule has 0 spiro atoms. The third-order valence-electron chi connectivity index (χ3n) is 13.7. The highest BCUT2D eigenvalue weighted by Crippen LogP contribution is 2.51. The fourth-order valence-corrected chi connectivity index (χ4v) is 13.1. The third-order valence-corrected chi connectivity index (χ3v) is 17.0. The molecule has 2 amide bonds. The van der Waals surface area contributed by atoms with Crippen LogP contribution in [0.25, 0.3) is 40.7 Å². The lowest BCUT2D eigenvalue weighted by molar-refractivity contribution is 0.0651. The van der Waals surface area contributed by atoms with Gasteiger partial charge in [0.1, 0.15) is 11.5 Å². The summed E-state index contributed by atoms with van der Waals surface area (Å²) in [5, 5.41) is 8.73. The number of imide groups is 1. The van der Waals surface area contributed by atoms with Gasteiger partial charge in [0.05, 0.1) is 29.2 Å². The maximum atomic E-state index is 14.2. The molecule has 1 aliphatic rings. The van der Waals surface area contributed by atoms with Gasteiger partial charge in [0.25, 0.3) is 11.8 Å². The number of carbonyl (C=O) groups excluding carboxylic acids is 2. The number of unbranched alkanes of at least 4 members (excludes halogenated alkanes) is 17. The van der Waals surface area contributed by atoms with Crippen molar-refractivity contribution in [3.63, 3.8) is 0 Å². The maximum absolute atomic E-state index is 14.2. The van der Waals surface area contributed by atoms with E-state index in [2.05, 4.69) is 64.3 Å². The Bertz CT molecular complexity index is 2150. The van der Waals surface area contributed by atoms with Crippen LogP contribution >= 0.6 is 34.0 Å². The van der Waals surface area contributed by atoms with Crippen LogP contribution in [0.3, 0.4) is 0 Å². The molecular formula is C56H81NO4S3. The summed E-state index contributed by atoms with van der Waals surface area (Å²) in [6, 6.07) is 9.03. The monoisotopic (exact) mass is 928 g/mol. The van der Waals surface area contributed by atoms with Crippen LogP contribution in [-0.4, -0.2) is 36.5 Å². The van der Waals surface area contributed by atoms with Crippen LogP contribution in [-0.2, 0) is 0 Å². The summed E-state index contributed by atoms with van der Waals surface area (Å²) in [5.74, 6) is 2.66. The number of amides is 2. The van der Waals surface area contributed by atoms with Gasteiger partial charge in [-0.25, -0.2) is 0 Å². The molecule has 2 atom stereocenters. The number of thiophene rings is 3. The molecule has 2 unspecified atom stereocenters. The van der Waals surface area contributed by atoms with Gasteiger partial charge in [0, 0.05) is 37.0 Å². The van der Waals surface area contributed by atoms with Crippen molar-refractivity contribution < 1.29 is 19.1 Å². The van der Waals surface area contributed by atoms with Crippen LogP contribution in [0.2, 0.25) is 0 Å². The maximum Gasteiger partial charge on any atom is 0.263 e. The van der Waals surface area contributed by atoms with Crippen molar-refractivity contribution in [3.8, 4) is 21.3 Å². The molecule has 0 radical (unpaired) electrons. The summed E-state index contributed by atoms with van der Waals surface area (Å²) in [4.78, 5) is 31.4. The van der Waals surface area contributed by atoms with Crippen LogP contribution in [0.5, 0.6) is 11.5 Å². The fraction of sp³-hybridized carbons (Fsp3) is 0.643. The van der Waals surface area contributed by atoms with Crippen molar-refractivity contribution in [2.45, 2.75) is 202 Å². The topological polar surface area (TPSA) is 55.8 Å². The van der Waals surface area contributed by atoms with E-state index in [0.717, 1.165) is 56.7 Å². The first-order valence-electron chi connectivity index (χ1n) is 26.1. The van der Waals surface area contributed by atoms with Crippen LogP contribution in [0.15, 0.2) is 35.0 Å². The second kappa shape index (κ2) is 27.0. The molecule has 4 heterocycles. The Hall–Kier alpha value is -2.94. The number of nitrogens with zero attached hydrogens (tertiary/aromatic N) is 1. The number of rotatable bonds is 34. The Kier molecular flexibility index (Phi) is 21.3. The zero-order valence-electron chi connectivity index (χ0n) is 40.4. The van der Waals surface area contributed by atoms with Crippen molar-refractivity contribution in [2.24, 2.45) is 11.8 Å². The first-order chi connectivity index (χ1) is 31.4. The number of hydrogen-bond acceptors (Lipinski definition) is 7. The normalized spacial score (nSPS) is 13.9. The molecular weight excluding hydrogens is 847 g/mol. The Labute approximate surface area is 399 Å². The van der Waals surface area contributed by atoms with E-state index >= 15 is 0 Å². The molecule has 0 bridgehead atoms. The first kappa shape index (κ1) is 50.5. The molecule has 0 aliphatic carbocycles. The van der Waals surface area contributed by atoms with E-state index in [1.54, 1.807) is 22.7 Å². The van der Waals surface area contributed by atoms with E-state index in [-0.39, 0.29) is 11.8 Å². The summed E-state index contributed by atoms with van der Waals surface area (Å²) in [7, 11) is 0. The van der Waals surface area contributed by atoms with Crippen molar-refractivity contribution in [2.75, 3.05) is 19.8 Å². The number of carbonyl (C=O) groups is 2. The van der Waals surface area contributed by atoms with Gasteiger partial charge < -0.3 is 9.47 Å². The Morgan fingerprint density at radius 2 is 1.03 bits per heavy atom. The van der Waals surface area contributed by atoms with Gasteiger partial charge in [-0.15, -0.1) is 34.0 Å². The van der Waals surface area contributed by atoms with E-state index in [4.69, 9.17) is 9.47 Å². The highest BCUT2D eigenvalue weighted by atomic mass is 32.1. The number of fused-ring (bicyclic) bond motifs is 6. The summed E-state index contributed by atoms with van der Waals surface area (Å²) in [6.45, 7) is 13.3. The highest BCUT2D eigenvalue weighted by Gasteiger charge is 2.39. The highest BCUT2D eigenvalue weighted by molar-refractivity contribution is 7.27. The Balaban J connectivity index is 1.31. The van der Waals surface area contributed by atoms with Crippen LogP contribution in [0.1, 0.15) is 222 Å². The van der Waals surface area contributed by atoms with E-state index in [1.165, 1.54) is 179 Å². The second-order valence-corrected chi connectivity index (χ2v) is 21.8. The van der Waals surface area contributed by atoms with Crippen LogP contribution < -0.4 is 9.47 Å². The molecule has 0 N–H and O–H groups in total. The first-order valence-corrected chi connectivity index (χ1v) is 28.6. The summed E-state index contributed by atoms with van der Waals surface area (Å²) in [6.07, 6.45) is 32.1. The molecule has 3 aromatic heterocycles. The average molecular weight is 928 g/mol. The van der Waals surface area contributed by atoms with Crippen molar-refractivity contribution in [1.29, 1.82) is 0 Å². The van der Waals surface area contributed by atoms with E-state index in [0.29, 0.717) is 42.7 Å². The molecule has 2 aromatic carbocycles. The number of hydrogen-bond donors (Lipinski definition) is 0. The zero-order chi connectivity index (χ0) is 45.1. The van der Waals surface area contributed by atoms with Crippen molar-refractivity contribution in [1.82, 2.24) is 4.90 Å². The molecule has 0 saturated carbocycles. The average Bonchev–Trinajstić information content (AvgIpc) is 4.11. The van der Waals surface area contributed by atoms with E-state index in [9.17, 15) is 9.59 Å². The number of benzene rings is 2. The molecule has 1 aliphatic heterocycles. The van der Waals surface area contributed by atoms with E-state index in [1.807, 2.05) is 5.38 Å². The minimum Gasteiger partial charge on any atom is -0.493 e. The SMILES string of the molecule is CCCCCCCCCCCCN1C(=O)c2csc(-c3cc4cc(OCC(CCCC)CCCCCC)c5c6sccc6cc(OCC(CCCC)CCCCCC)c5c4s3)c2C1=O. The zero-order valence-corrected chi connectivity index (χ0v) is 42.9. The lowest BCUT2D eigenvalue weighted by Gasteiger charge is -2.21. The van der Waals surface area contributed by atoms with Crippen LogP contribution in [0.4, 0.5) is 0 Å². The van der Waals surface area contributed by atoms with Gasteiger partial charge in [-0.3, -0.25) is 14.5 Å². The lowest BCUT2D eigenvalue weighted by Crippen LogP contribution is -2.30. The largest absolute Gasteiger partial charge is 0.493 e. The van der Waals surface area contributed by atoms with Gasteiger partial charge in [-0.05, 0) is 84.4 Å². The molecule has 8 heteroatoms. The van der Waals surface area contributed by atoms with Crippen molar-refractivity contribution >= 4 is 76.8 Å². The van der Waals surface area contributed by atoms with Gasteiger partial charge in [0.2, 0.25) is 0 Å². The minimum atomic E-state index is -0.129. The summed E-state index contributed by atoms with van der Waals surface area (Å²) < 4.78 is 16.6. The predicted molar refractivity (Wildman–Crippen MR) is 280 cm³/mol. The molecule has 352 valence electrons. The van der Waals surface area contributed by atoms with Crippen molar-refractivity contribution in [3.05, 3.63) is 46.2 Å². The van der Waals surface area contributed by atoms with Gasteiger partial charge in [-0.2, -0.15) is 0 Å². The quantitative estimate of drug-likeness (QED) is 0.0305. The molecule has 6 rings (SSSR count). The molecule has 0 saturated heterocycles. The molecule has 5 aromatic rings. The Morgan fingerprint density at radius 3 is 1.61 bits per heavy atom. The molecule has 64 heavy (non-hydrogen) atoms.